The minimum atomic E-state index is -3.99. The van der Waals surface area contributed by atoms with E-state index in [1.54, 1.807) is 40.1 Å². The van der Waals surface area contributed by atoms with Crippen LogP contribution in [0.5, 0.6) is 11.5 Å². The first-order valence-corrected chi connectivity index (χ1v) is 19.2. The number of methoxy groups -OCH3 is 1. The van der Waals surface area contributed by atoms with Gasteiger partial charge in [0.1, 0.15) is 28.3 Å². The van der Waals surface area contributed by atoms with Gasteiger partial charge in [-0.05, 0) is 61.2 Å². The van der Waals surface area contributed by atoms with Gasteiger partial charge in [0.05, 0.1) is 31.9 Å². The number of nitrogens with two attached hydrogens (primary N) is 1. The topological polar surface area (TPSA) is 138 Å². The molecule has 0 spiro atoms. The van der Waals surface area contributed by atoms with Crippen molar-refractivity contribution >= 4 is 51.0 Å². The third-order valence-corrected chi connectivity index (χ3v) is 11.9. The van der Waals surface area contributed by atoms with Gasteiger partial charge in [-0.25, -0.2) is 13.2 Å². The van der Waals surface area contributed by atoms with Crippen molar-refractivity contribution in [2.24, 2.45) is 10.7 Å². The van der Waals surface area contributed by atoms with Crippen LogP contribution in [0.2, 0.25) is 10.0 Å². The highest BCUT2D eigenvalue weighted by atomic mass is 35.5. The minimum Gasteiger partial charge on any atom is -0.495 e. The van der Waals surface area contributed by atoms with Crippen molar-refractivity contribution in [1.82, 2.24) is 19.0 Å². The maximum absolute atomic E-state index is 14.9. The van der Waals surface area contributed by atoms with E-state index in [1.807, 2.05) is 36.1 Å². The number of nitrogens with zero attached hydrogens (tertiary/aromatic N) is 5. The predicted octanol–water partition coefficient (Wildman–Crippen LogP) is 5.34. The Bertz CT molecular complexity index is 1880. The lowest BCUT2D eigenvalue weighted by molar-refractivity contribution is -0.119. The van der Waals surface area contributed by atoms with Crippen LogP contribution in [0.3, 0.4) is 0 Å². The number of amides is 3. The van der Waals surface area contributed by atoms with E-state index < -0.39 is 28.0 Å². The summed E-state index contributed by atoms with van der Waals surface area (Å²) in [6, 6.07) is 16.0. The van der Waals surface area contributed by atoms with Crippen LogP contribution in [0.4, 0.5) is 4.79 Å². The number of sulfonamides is 1. The summed E-state index contributed by atoms with van der Waals surface area (Å²) >= 11 is 12.6. The number of piperidine rings is 1. The van der Waals surface area contributed by atoms with E-state index in [2.05, 4.69) is 0 Å². The van der Waals surface area contributed by atoms with Crippen molar-refractivity contribution in [3.05, 3.63) is 87.4 Å². The fraction of sp³-hybridized carbons (Fsp3) is 0.417. The lowest BCUT2D eigenvalue weighted by Crippen LogP contribution is -2.55. The second kappa shape index (κ2) is 15.8. The number of carbonyl (C=O) groups excluding carboxylic acids is 2. The number of primary amides is 1. The van der Waals surface area contributed by atoms with E-state index in [0.29, 0.717) is 60.6 Å². The van der Waals surface area contributed by atoms with Crippen molar-refractivity contribution in [1.29, 1.82) is 0 Å². The number of ether oxygens (including phenoxy) is 2. The lowest BCUT2D eigenvalue weighted by Gasteiger charge is -2.38. The number of aliphatic imine (C=N–C) groups is 1. The zero-order valence-electron chi connectivity index (χ0n) is 28.6. The fourth-order valence-corrected chi connectivity index (χ4v) is 8.85. The molecule has 0 aliphatic carbocycles. The number of amidine groups is 1. The van der Waals surface area contributed by atoms with Gasteiger partial charge in [0.2, 0.25) is 15.9 Å². The monoisotopic (exact) mass is 756 g/mol. The van der Waals surface area contributed by atoms with E-state index in [0.717, 1.165) is 30.4 Å². The second-order valence-electron chi connectivity index (χ2n) is 12.7. The Morgan fingerprint density at radius 2 is 1.47 bits per heavy atom. The smallest absolute Gasteiger partial charge is 0.326 e. The molecule has 2 N–H and O–H groups in total. The molecule has 272 valence electrons. The third kappa shape index (κ3) is 7.82. The number of carbonyl (C=O) groups is 2. The quantitative estimate of drug-likeness (QED) is 0.295. The number of piperazine rings is 1. The summed E-state index contributed by atoms with van der Waals surface area (Å²) < 4.78 is 41.7. The molecule has 12 nitrogen and oxygen atoms in total. The summed E-state index contributed by atoms with van der Waals surface area (Å²) in [6.45, 7) is 4.57. The number of rotatable bonds is 10. The van der Waals surface area contributed by atoms with Gasteiger partial charge < -0.3 is 20.1 Å². The number of urea groups is 1. The van der Waals surface area contributed by atoms with E-state index in [9.17, 15) is 18.0 Å². The van der Waals surface area contributed by atoms with Crippen molar-refractivity contribution in [3.8, 4) is 11.5 Å². The van der Waals surface area contributed by atoms with Crippen molar-refractivity contribution in [2.45, 2.75) is 43.2 Å². The third-order valence-electron chi connectivity index (χ3n) is 9.46. The van der Waals surface area contributed by atoms with Crippen LogP contribution in [0.25, 0.3) is 0 Å². The predicted molar refractivity (Wildman–Crippen MR) is 196 cm³/mol. The average Bonchev–Trinajstić information content (AvgIpc) is 3.52. The van der Waals surface area contributed by atoms with Crippen LogP contribution in [0.15, 0.2) is 70.6 Å². The summed E-state index contributed by atoms with van der Waals surface area (Å²) in [5.74, 6) is 0.274. The average molecular weight is 758 g/mol. The molecule has 0 saturated carbocycles. The van der Waals surface area contributed by atoms with Crippen molar-refractivity contribution in [3.63, 3.8) is 0 Å². The summed E-state index contributed by atoms with van der Waals surface area (Å²) in [5, 5.41) is 1.08. The summed E-state index contributed by atoms with van der Waals surface area (Å²) in [4.78, 5) is 37.0. The molecule has 3 amide bonds. The Balaban J connectivity index is 1.54. The molecule has 15 heteroatoms. The molecule has 2 saturated heterocycles. The standard InChI is InChI=1S/C36H42Cl2N6O6S/c1-3-50-29-22-30(49-2)31(51(47,48)43-15-5-4-6-16-43)21-28(29)35-40-33(24-7-11-26(37)12-8-24)34(25-9-13-27(38)14-10-25)44(35)36(46)42-19-17-41(18-20-42)23-32(39)45/h7-14,21-22,33-34H,3-6,15-20,23H2,1-2H3,(H2,39,45)/t33-,34+/m0/s1. The molecule has 2 fully saturated rings. The molecule has 3 heterocycles. The zero-order chi connectivity index (χ0) is 36.3. The van der Waals surface area contributed by atoms with Crippen LogP contribution in [0.1, 0.15) is 55.0 Å². The largest absolute Gasteiger partial charge is 0.495 e. The van der Waals surface area contributed by atoms with Gasteiger partial charge in [0, 0.05) is 55.4 Å². The molecule has 3 aromatic carbocycles. The van der Waals surface area contributed by atoms with E-state index >= 15 is 0 Å². The molecule has 51 heavy (non-hydrogen) atoms. The zero-order valence-corrected chi connectivity index (χ0v) is 31.0. The summed E-state index contributed by atoms with van der Waals surface area (Å²) in [5.41, 5.74) is 7.36. The molecular weight excluding hydrogens is 715 g/mol. The Morgan fingerprint density at radius 3 is 2.04 bits per heavy atom. The summed E-state index contributed by atoms with van der Waals surface area (Å²) in [7, 11) is -2.57. The van der Waals surface area contributed by atoms with Gasteiger partial charge in [-0.2, -0.15) is 4.31 Å². The number of halogens is 2. The van der Waals surface area contributed by atoms with Crippen molar-refractivity contribution < 1.29 is 27.5 Å². The molecule has 3 aliphatic heterocycles. The van der Waals surface area contributed by atoms with Crippen LogP contribution >= 0.6 is 23.2 Å². The van der Waals surface area contributed by atoms with E-state index in [1.165, 1.54) is 17.5 Å². The maximum Gasteiger partial charge on any atom is 0.326 e. The number of hydrogen-bond acceptors (Lipinski definition) is 8. The minimum absolute atomic E-state index is 0.0292. The molecular formula is C36H42Cl2N6O6S. The lowest BCUT2D eigenvalue weighted by atomic mass is 9.93. The van der Waals surface area contributed by atoms with Crippen LogP contribution in [-0.2, 0) is 14.8 Å². The second-order valence-corrected chi connectivity index (χ2v) is 15.5. The number of benzene rings is 3. The molecule has 0 radical (unpaired) electrons. The van der Waals surface area contributed by atoms with E-state index in [4.69, 9.17) is 43.4 Å². The van der Waals surface area contributed by atoms with E-state index in [-0.39, 0.29) is 35.7 Å². The number of hydrogen-bond donors (Lipinski definition) is 1. The van der Waals surface area contributed by atoms with Crippen LogP contribution in [0, 0.1) is 0 Å². The van der Waals surface area contributed by atoms with Crippen LogP contribution < -0.4 is 15.2 Å². The molecule has 3 aliphatic rings. The first kappa shape index (κ1) is 36.9. The molecule has 3 aromatic rings. The Kier molecular flexibility index (Phi) is 11.4. The highest BCUT2D eigenvalue weighted by Gasteiger charge is 2.45. The van der Waals surface area contributed by atoms with Gasteiger partial charge in [0.15, 0.2) is 0 Å². The fourth-order valence-electron chi connectivity index (χ4n) is 6.92. The first-order valence-electron chi connectivity index (χ1n) is 17.0. The Morgan fingerprint density at radius 1 is 0.863 bits per heavy atom. The van der Waals surface area contributed by atoms with Gasteiger partial charge in [-0.3, -0.25) is 19.6 Å². The highest BCUT2D eigenvalue weighted by molar-refractivity contribution is 7.89. The summed E-state index contributed by atoms with van der Waals surface area (Å²) in [6.07, 6.45) is 2.48. The molecule has 6 rings (SSSR count). The Labute approximate surface area is 308 Å². The highest BCUT2D eigenvalue weighted by Crippen LogP contribution is 2.47. The Hall–Kier alpha value is -3.88. The molecule has 2 atom stereocenters. The van der Waals surface area contributed by atoms with Gasteiger partial charge in [0.25, 0.3) is 0 Å². The first-order chi connectivity index (χ1) is 24.5. The van der Waals surface area contributed by atoms with Gasteiger partial charge in [-0.15, -0.1) is 0 Å². The maximum atomic E-state index is 14.9. The SMILES string of the molecule is CCOc1cc(OC)c(S(=O)(=O)N2CCCCC2)cc1C1=N[C@@H](c2ccc(Cl)cc2)[C@@H](c2ccc(Cl)cc2)N1C(=O)N1CCN(CC(N)=O)CC1. The molecule has 0 aromatic heterocycles. The molecule has 0 bridgehead atoms. The van der Waals surface area contributed by atoms with Crippen LogP contribution in [-0.4, -0.2) is 105 Å². The normalized spacial score (nSPS) is 20.3. The van der Waals surface area contributed by atoms with Gasteiger partial charge in [-0.1, -0.05) is 53.9 Å². The molecule has 0 unspecified atom stereocenters. The van der Waals surface area contributed by atoms with Gasteiger partial charge >= 0.3 is 6.03 Å². The van der Waals surface area contributed by atoms with Crippen molar-refractivity contribution in [2.75, 3.05) is 59.5 Å².